The van der Waals surface area contributed by atoms with Gasteiger partial charge in [-0.3, -0.25) is 9.59 Å². The standard InChI is InChI=1S/C14H25NO4/c1-3-15(9-10-19-4-2)13(16)11-7-5-6-8-12(11)14(17)18/h11-12H,3-10H2,1-2H3,(H,17,18). The minimum Gasteiger partial charge on any atom is -0.481 e. The summed E-state index contributed by atoms with van der Waals surface area (Å²) in [6, 6.07) is 0. The van der Waals surface area contributed by atoms with Crippen LogP contribution in [0.15, 0.2) is 0 Å². The summed E-state index contributed by atoms with van der Waals surface area (Å²) in [5, 5.41) is 9.23. The van der Waals surface area contributed by atoms with Crippen molar-refractivity contribution in [3.8, 4) is 0 Å². The first kappa shape index (κ1) is 16.0. The second-order valence-electron chi connectivity index (χ2n) is 4.95. The number of nitrogens with zero attached hydrogens (tertiary/aromatic N) is 1. The van der Waals surface area contributed by atoms with E-state index >= 15 is 0 Å². The van der Waals surface area contributed by atoms with Gasteiger partial charge in [0, 0.05) is 19.7 Å². The van der Waals surface area contributed by atoms with Crippen LogP contribution in [0.3, 0.4) is 0 Å². The van der Waals surface area contributed by atoms with Crippen molar-refractivity contribution in [3.05, 3.63) is 0 Å². The Morgan fingerprint density at radius 2 is 1.84 bits per heavy atom. The molecule has 2 atom stereocenters. The van der Waals surface area contributed by atoms with E-state index in [1.807, 2.05) is 13.8 Å². The monoisotopic (exact) mass is 271 g/mol. The van der Waals surface area contributed by atoms with E-state index in [1.54, 1.807) is 4.90 Å². The van der Waals surface area contributed by atoms with Gasteiger partial charge in [-0.05, 0) is 26.7 Å². The van der Waals surface area contributed by atoms with Gasteiger partial charge in [0.2, 0.25) is 5.91 Å². The quantitative estimate of drug-likeness (QED) is 0.716. The summed E-state index contributed by atoms with van der Waals surface area (Å²) in [7, 11) is 0. The van der Waals surface area contributed by atoms with Crippen LogP contribution in [-0.4, -0.2) is 48.2 Å². The minimum absolute atomic E-state index is 0.0192. The van der Waals surface area contributed by atoms with E-state index in [2.05, 4.69) is 0 Å². The molecule has 2 unspecified atom stereocenters. The van der Waals surface area contributed by atoms with Gasteiger partial charge >= 0.3 is 5.97 Å². The van der Waals surface area contributed by atoms with E-state index in [9.17, 15) is 14.7 Å². The van der Waals surface area contributed by atoms with Crippen molar-refractivity contribution >= 4 is 11.9 Å². The average molecular weight is 271 g/mol. The number of carboxylic acids is 1. The van der Waals surface area contributed by atoms with E-state index in [0.29, 0.717) is 39.1 Å². The third kappa shape index (κ3) is 4.49. The molecule has 1 fully saturated rings. The van der Waals surface area contributed by atoms with Crippen LogP contribution >= 0.6 is 0 Å². The summed E-state index contributed by atoms with van der Waals surface area (Å²) in [6.07, 6.45) is 3.17. The normalized spacial score (nSPS) is 23.1. The van der Waals surface area contributed by atoms with Gasteiger partial charge in [0.05, 0.1) is 18.4 Å². The average Bonchev–Trinajstić information content (AvgIpc) is 2.43. The van der Waals surface area contributed by atoms with Crippen LogP contribution in [0.4, 0.5) is 0 Å². The van der Waals surface area contributed by atoms with Gasteiger partial charge in [-0.15, -0.1) is 0 Å². The van der Waals surface area contributed by atoms with Gasteiger partial charge in [0.15, 0.2) is 0 Å². The van der Waals surface area contributed by atoms with Crippen LogP contribution in [0.25, 0.3) is 0 Å². The topological polar surface area (TPSA) is 66.8 Å². The molecular formula is C14H25NO4. The fourth-order valence-corrected chi connectivity index (χ4v) is 2.70. The van der Waals surface area contributed by atoms with E-state index in [1.165, 1.54) is 0 Å². The molecule has 0 aromatic carbocycles. The molecule has 0 bridgehead atoms. The van der Waals surface area contributed by atoms with E-state index in [-0.39, 0.29) is 11.8 Å². The Morgan fingerprint density at radius 1 is 1.21 bits per heavy atom. The summed E-state index contributed by atoms with van der Waals surface area (Å²) < 4.78 is 5.27. The molecule has 1 aliphatic carbocycles. The maximum Gasteiger partial charge on any atom is 0.307 e. The SMILES string of the molecule is CCOCCN(CC)C(=O)C1CCCCC1C(=O)O. The molecule has 1 aliphatic rings. The van der Waals surface area contributed by atoms with Gasteiger partial charge in [-0.2, -0.15) is 0 Å². The smallest absolute Gasteiger partial charge is 0.307 e. The predicted octanol–water partition coefficient (Wildman–Crippen LogP) is 1.76. The van der Waals surface area contributed by atoms with Crippen LogP contribution in [0.5, 0.6) is 0 Å². The first-order chi connectivity index (χ1) is 9.11. The largest absolute Gasteiger partial charge is 0.481 e. The fraction of sp³-hybridized carbons (Fsp3) is 0.857. The zero-order chi connectivity index (χ0) is 14.3. The Morgan fingerprint density at radius 3 is 2.37 bits per heavy atom. The van der Waals surface area contributed by atoms with Crippen molar-refractivity contribution in [3.63, 3.8) is 0 Å². The van der Waals surface area contributed by atoms with E-state index in [4.69, 9.17) is 4.74 Å². The first-order valence-corrected chi connectivity index (χ1v) is 7.21. The third-order valence-electron chi connectivity index (χ3n) is 3.80. The second kappa shape index (κ2) is 8.15. The molecule has 5 nitrogen and oxygen atoms in total. The minimum atomic E-state index is -0.834. The number of hydrogen-bond acceptors (Lipinski definition) is 3. The Kier molecular flexibility index (Phi) is 6.84. The molecule has 0 aromatic rings. The van der Waals surface area contributed by atoms with Crippen molar-refractivity contribution in [2.45, 2.75) is 39.5 Å². The van der Waals surface area contributed by atoms with Crippen LogP contribution in [-0.2, 0) is 14.3 Å². The number of hydrogen-bond donors (Lipinski definition) is 1. The van der Waals surface area contributed by atoms with Crippen molar-refractivity contribution in [2.75, 3.05) is 26.3 Å². The van der Waals surface area contributed by atoms with Crippen molar-refractivity contribution in [1.29, 1.82) is 0 Å². The third-order valence-corrected chi connectivity index (χ3v) is 3.80. The highest BCUT2D eigenvalue weighted by molar-refractivity contribution is 5.85. The van der Waals surface area contributed by atoms with E-state index < -0.39 is 11.9 Å². The first-order valence-electron chi connectivity index (χ1n) is 7.21. The molecule has 1 saturated carbocycles. The number of carbonyl (C=O) groups excluding carboxylic acids is 1. The van der Waals surface area contributed by atoms with Gasteiger partial charge < -0.3 is 14.7 Å². The number of aliphatic carboxylic acids is 1. The van der Waals surface area contributed by atoms with Crippen molar-refractivity contribution in [1.82, 2.24) is 4.90 Å². The predicted molar refractivity (Wildman–Crippen MR) is 71.8 cm³/mol. The lowest BCUT2D eigenvalue weighted by molar-refractivity contribution is -0.152. The summed E-state index contributed by atoms with van der Waals surface area (Å²) >= 11 is 0. The number of rotatable bonds is 7. The molecule has 0 aliphatic heterocycles. The Labute approximate surface area is 114 Å². The lowest BCUT2D eigenvalue weighted by atomic mass is 9.78. The maximum absolute atomic E-state index is 12.4. The zero-order valence-corrected chi connectivity index (χ0v) is 11.9. The van der Waals surface area contributed by atoms with Crippen LogP contribution in [0.1, 0.15) is 39.5 Å². The van der Waals surface area contributed by atoms with Crippen LogP contribution < -0.4 is 0 Å². The summed E-state index contributed by atoms with van der Waals surface area (Å²) in [4.78, 5) is 25.4. The number of carbonyl (C=O) groups is 2. The molecular weight excluding hydrogens is 246 g/mol. The highest BCUT2D eigenvalue weighted by Gasteiger charge is 2.37. The molecule has 1 amide bonds. The van der Waals surface area contributed by atoms with Crippen molar-refractivity contribution < 1.29 is 19.4 Å². The molecule has 0 heterocycles. The number of likely N-dealkylation sites (N-methyl/N-ethyl adjacent to an activating group) is 1. The fourth-order valence-electron chi connectivity index (χ4n) is 2.70. The van der Waals surface area contributed by atoms with Gasteiger partial charge in [0.1, 0.15) is 0 Å². The van der Waals surface area contributed by atoms with Crippen LogP contribution in [0, 0.1) is 11.8 Å². The van der Waals surface area contributed by atoms with E-state index in [0.717, 1.165) is 12.8 Å². The highest BCUT2D eigenvalue weighted by atomic mass is 16.5. The number of ether oxygens (including phenoxy) is 1. The molecule has 110 valence electrons. The van der Waals surface area contributed by atoms with Gasteiger partial charge in [-0.1, -0.05) is 12.8 Å². The molecule has 0 saturated heterocycles. The molecule has 19 heavy (non-hydrogen) atoms. The lowest BCUT2D eigenvalue weighted by Gasteiger charge is -2.32. The summed E-state index contributed by atoms with van der Waals surface area (Å²) in [5.41, 5.74) is 0. The number of carboxylic acid groups (broad SMARTS) is 1. The van der Waals surface area contributed by atoms with Crippen LogP contribution in [0.2, 0.25) is 0 Å². The summed E-state index contributed by atoms with van der Waals surface area (Å²) in [5.74, 6) is -1.72. The molecule has 0 aromatic heterocycles. The Balaban J connectivity index is 2.63. The Bertz CT molecular complexity index is 306. The lowest BCUT2D eigenvalue weighted by Crippen LogP contribution is -2.43. The number of amides is 1. The second-order valence-corrected chi connectivity index (χ2v) is 4.95. The zero-order valence-electron chi connectivity index (χ0n) is 11.9. The molecule has 0 spiro atoms. The van der Waals surface area contributed by atoms with Gasteiger partial charge in [-0.25, -0.2) is 0 Å². The summed E-state index contributed by atoms with van der Waals surface area (Å²) in [6.45, 7) is 6.14. The molecule has 1 N–H and O–H groups in total. The molecule has 1 rings (SSSR count). The highest BCUT2D eigenvalue weighted by Crippen LogP contribution is 2.31. The van der Waals surface area contributed by atoms with Gasteiger partial charge in [0.25, 0.3) is 0 Å². The molecule has 0 radical (unpaired) electrons. The maximum atomic E-state index is 12.4. The Hall–Kier alpha value is -1.10. The van der Waals surface area contributed by atoms with Crippen molar-refractivity contribution in [2.24, 2.45) is 11.8 Å². The molecule has 5 heteroatoms.